The first-order chi connectivity index (χ1) is 17.7. The first-order valence-electron chi connectivity index (χ1n) is 10.9. The van der Waals surface area contributed by atoms with Gasteiger partial charge in [0.2, 0.25) is 0 Å². The van der Waals surface area contributed by atoms with Crippen molar-refractivity contribution in [3.63, 3.8) is 0 Å². The van der Waals surface area contributed by atoms with Gasteiger partial charge >= 0.3 is 0 Å². The summed E-state index contributed by atoms with van der Waals surface area (Å²) in [6.07, 6.45) is 0. The van der Waals surface area contributed by atoms with Gasteiger partial charge in [-0.05, 0) is 50.2 Å². The SMILES string of the molecule is COc1ccc(Nc2nc(C(=O)Nc3ccc(S(=O)(=O)Nc4cc(C)nc(C)n4)cc3)cs2)c(OC)c1. The van der Waals surface area contributed by atoms with Gasteiger partial charge in [-0.2, -0.15) is 0 Å². The number of amides is 1. The number of carbonyl (C=O) groups is 1. The molecule has 0 spiro atoms. The summed E-state index contributed by atoms with van der Waals surface area (Å²) < 4.78 is 38.5. The Morgan fingerprint density at radius 2 is 1.70 bits per heavy atom. The predicted octanol–water partition coefficient (Wildman–Crippen LogP) is 4.36. The largest absolute Gasteiger partial charge is 0.497 e. The fourth-order valence-corrected chi connectivity index (χ4v) is 5.03. The van der Waals surface area contributed by atoms with E-state index in [1.807, 2.05) is 0 Å². The Morgan fingerprint density at radius 1 is 0.946 bits per heavy atom. The van der Waals surface area contributed by atoms with Gasteiger partial charge in [-0.15, -0.1) is 11.3 Å². The van der Waals surface area contributed by atoms with E-state index in [4.69, 9.17) is 9.47 Å². The van der Waals surface area contributed by atoms with Gasteiger partial charge in [-0.3, -0.25) is 9.52 Å². The molecule has 0 atom stereocenters. The summed E-state index contributed by atoms with van der Waals surface area (Å²) in [6.45, 7) is 3.43. The Kier molecular flexibility index (Phi) is 7.55. The average molecular weight is 541 g/mol. The molecule has 1 amide bonds. The van der Waals surface area contributed by atoms with Crippen molar-refractivity contribution in [3.05, 3.63) is 71.1 Å². The second kappa shape index (κ2) is 10.8. The number of aromatic nitrogens is 3. The number of carbonyl (C=O) groups excluding carboxylic acids is 1. The maximum atomic E-state index is 12.7. The number of sulfonamides is 1. The first kappa shape index (κ1) is 25.9. The standard InChI is InChI=1S/C24H24N6O5S2/c1-14-11-22(26-15(2)25-14)30-37(32,33)18-8-5-16(6-9-18)27-23(31)20-13-36-24(29-20)28-19-10-7-17(34-3)12-21(19)35-4/h5-13H,1-4H3,(H,27,31)(H,28,29)(H,25,26,30). The van der Waals surface area contributed by atoms with Crippen molar-refractivity contribution < 1.29 is 22.7 Å². The molecule has 0 bridgehead atoms. The van der Waals surface area contributed by atoms with Gasteiger partial charge in [0.25, 0.3) is 15.9 Å². The number of benzene rings is 2. The van der Waals surface area contributed by atoms with Crippen LogP contribution in [0.3, 0.4) is 0 Å². The van der Waals surface area contributed by atoms with Crippen molar-refractivity contribution in [2.75, 3.05) is 29.6 Å². The predicted molar refractivity (Wildman–Crippen MR) is 142 cm³/mol. The van der Waals surface area contributed by atoms with Crippen LogP contribution in [-0.4, -0.2) is 43.5 Å². The lowest BCUT2D eigenvalue weighted by molar-refractivity contribution is 0.102. The Bertz CT molecular complexity index is 1520. The number of methoxy groups -OCH3 is 2. The zero-order chi connectivity index (χ0) is 26.6. The number of aryl methyl sites for hydroxylation is 2. The molecule has 0 unspecified atom stereocenters. The van der Waals surface area contributed by atoms with E-state index < -0.39 is 15.9 Å². The van der Waals surface area contributed by atoms with E-state index in [9.17, 15) is 13.2 Å². The van der Waals surface area contributed by atoms with Crippen molar-refractivity contribution in [1.29, 1.82) is 0 Å². The number of thiazole rings is 1. The summed E-state index contributed by atoms with van der Waals surface area (Å²) >= 11 is 1.25. The van der Waals surface area contributed by atoms with E-state index in [-0.39, 0.29) is 16.4 Å². The van der Waals surface area contributed by atoms with E-state index >= 15 is 0 Å². The minimum atomic E-state index is -3.87. The average Bonchev–Trinajstić information content (AvgIpc) is 3.32. The van der Waals surface area contributed by atoms with Crippen LogP contribution in [0.5, 0.6) is 11.5 Å². The molecule has 4 aromatic rings. The van der Waals surface area contributed by atoms with Gasteiger partial charge in [0, 0.05) is 28.9 Å². The summed E-state index contributed by atoms with van der Waals surface area (Å²) in [5.74, 6) is 1.42. The monoisotopic (exact) mass is 540 g/mol. The maximum absolute atomic E-state index is 12.7. The Labute approximate surface area is 218 Å². The zero-order valence-electron chi connectivity index (χ0n) is 20.4. The van der Waals surface area contributed by atoms with Gasteiger partial charge in [0.05, 0.1) is 24.8 Å². The van der Waals surface area contributed by atoms with E-state index in [1.165, 1.54) is 35.6 Å². The topological polar surface area (TPSA) is 144 Å². The number of hydrogen-bond acceptors (Lipinski definition) is 10. The number of hydrogen-bond donors (Lipinski definition) is 3. The molecule has 0 saturated heterocycles. The number of nitrogens with zero attached hydrogens (tertiary/aromatic N) is 3. The molecule has 2 aromatic carbocycles. The van der Waals surface area contributed by atoms with Crippen LogP contribution in [0.2, 0.25) is 0 Å². The van der Waals surface area contributed by atoms with Crippen LogP contribution in [0.1, 0.15) is 22.0 Å². The first-order valence-corrected chi connectivity index (χ1v) is 13.2. The molecule has 11 nitrogen and oxygen atoms in total. The fourth-order valence-electron chi connectivity index (χ4n) is 3.33. The molecule has 37 heavy (non-hydrogen) atoms. The molecular weight excluding hydrogens is 516 g/mol. The third-order valence-electron chi connectivity index (χ3n) is 5.01. The second-order valence-corrected chi connectivity index (χ2v) is 10.3. The van der Waals surface area contributed by atoms with Crippen LogP contribution in [0.15, 0.2) is 58.8 Å². The molecule has 0 fully saturated rings. The van der Waals surface area contributed by atoms with Gasteiger partial charge in [0.1, 0.15) is 28.8 Å². The molecule has 0 aliphatic carbocycles. The Morgan fingerprint density at radius 3 is 2.38 bits per heavy atom. The van der Waals surface area contributed by atoms with Crippen molar-refractivity contribution in [2.45, 2.75) is 18.7 Å². The van der Waals surface area contributed by atoms with Gasteiger partial charge in [0.15, 0.2) is 5.13 Å². The summed E-state index contributed by atoms with van der Waals surface area (Å²) in [5, 5.41) is 7.96. The minimum Gasteiger partial charge on any atom is -0.497 e. The highest BCUT2D eigenvalue weighted by molar-refractivity contribution is 7.92. The summed E-state index contributed by atoms with van der Waals surface area (Å²) in [5.41, 5.74) is 1.93. The van der Waals surface area contributed by atoms with Crippen molar-refractivity contribution in [1.82, 2.24) is 15.0 Å². The highest BCUT2D eigenvalue weighted by Crippen LogP contribution is 2.32. The highest BCUT2D eigenvalue weighted by atomic mass is 32.2. The minimum absolute atomic E-state index is 0.0213. The van der Waals surface area contributed by atoms with Crippen LogP contribution in [0.4, 0.5) is 22.3 Å². The van der Waals surface area contributed by atoms with E-state index in [0.717, 1.165) is 0 Å². The molecule has 0 radical (unpaired) electrons. The third kappa shape index (κ3) is 6.32. The molecule has 2 aromatic heterocycles. The Hall–Kier alpha value is -4.23. The zero-order valence-corrected chi connectivity index (χ0v) is 22.0. The summed E-state index contributed by atoms with van der Waals surface area (Å²) in [4.78, 5) is 25.3. The molecule has 4 rings (SSSR count). The molecule has 192 valence electrons. The molecule has 0 saturated carbocycles. The summed E-state index contributed by atoms with van der Waals surface area (Å²) in [7, 11) is -0.756. The number of nitrogens with one attached hydrogen (secondary N) is 3. The van der Waals surface area contributed by atoms with Gasteiger partial charge in [-0.1, -0.05) is 0 Å². The number of anilines is 4. The molecule has 0 aliphatic heterocycles. The summed E-state index contributed by atoms with van der Waals surface area (Å²) in [6, 6.07) is 12.6. The van der Waals surface area contributed by atoms with Crippen LogP contribution >= 0.6 is 11.3 Å². The Balaban J connectivity index is 1.41. The lowest BCUT2D eigenvalue weighted by atomic mass is 10.3. The molecule has 2 heterocycles. The van der Waals surface area contributed by atoms with E-state index in [1.54, 1.807) is 57.7 Å². The molecular formula is C24H24N6O5S2. The number of ether oxygens (including phenoxy) is 2. The highest BCUT2D eigenvalue weighted by Gasteiger charge is 2.17. The van der Waals surface area contributed by atoms with Crippen LogP contribution in [0.25, 0.3) is 0 Å². The van der Waals surface area contributed by atoms with E-state index in [0.29, 0.717) is 39.5 Å². The lowest BCUT2D eigenvalue weighted by Gasteiger charge is -2.10. The fraction of sp³-hybridized carbons (Fsp3) is 0.167. The van der Waals surface area contributed by atoms with Crippen molar-refractivity contribution in [3.8, 4) is 11.5 Å². The van der Waals surface area contributed by atoms with Gasteiger partial charge in [-0.25, -0.2) is 23.4 Å². The van der Waals surface area contributed by atoms with Crippen molar-refractivity contribution >= 4 is 49.6 Å². The molecule has 3 N–H and O–H groups in total. The van der Waals surface area contributed by atoms with Crippen LogP contribution in [-0.2, 0) is 10.0 Å². The van der Waals surface area contributed by atoms with E-state index in [2.05, 4.69) is 30.3 Å². The number of rotatable bonds is 9. The second-order valence-electron chi connectivity index (χ2n) is 7.75. The maximum Gasteiger partial charge on any atom is 0.275 e. The van der Waals surface area contributed by atoms with Crippen LogP contribution < -0.4 is 24.8 Å². The normalized spacial score (nSPS) is 11.0. The van der Waals surface area contributed by atoms with Crippen LogP contribution in [0, 0.1) is 13.8 Å². The van der Waals surface area contributed by atoms with Gasteiger partial charge < -0.3 is 20.1 Å². The third-order valence-corrected chi connectivity index (χ3v) is 7.14. The molecule has 13 heteroatoms. The van der Waals surface area contributed by atoms with Crippen molar-refractivity contribution in [2.24, 2.45) is 0 Å². The lowest BCUT2D eigenvalue weighted by Crippen LogP contribution is -2.15. The smallest absolute Gasteiger partial charge is 0.275 e. The quantitative estimate of drug-likeness (QED) is 0.282. The molecule has 0 aliphatic rings.